The highest BCUT2D eigenvalue weighted by atomic mass is 32.1. The van der Waals surface area contributed by atoms with Crippen LogP contribution in [0.3, 0.4) is 0 Å². The van der Waals surface area contributed by atoms with Crippen LogP contribution in [0.1, 0.15) is 50.5 Å². The molecule has 1 amide bonds. The van der Waals surface area contributed by atoms with Crippen LogP contribution in [0.4, 0.5) is 5.95 Å². The number of anilines is 1. The monoisotopic (exact) mass is 450 g/mol. The molecule has 168 valence electrons. The second kappa shape index (κ2) is 9.06. The summed E-state index contributed by atoms with van der Waals surface area (Å²) in [4.78, 5) is 35.7. The Balaban J connectivity index is 1.38. The molecule has 2 fully saturated rings. The number of amides is 1. The zero-order chi connectivity index (χ0) is 22.1. The van der Waals surface area contributed by atoms with Gasteiger partial charge in [-0.1, -0.05) is 49.1 Å². The number of aromatic amines is 1. The fraction of sp³-hybridized carbons (Fsp3) is 0.480. The van der Waals surface area contributed by atoms with Crippen LogP contribution in [-0.2, 0) is 4.79 Å². The maximum atomic E-state index is 12.9. The molecule has 2 aliphatic rings. The molecule has 1 aliphatic heterocycles. The predicted molar refractivity (Wildman–Crippen MR) is 130 cm³/mol. The number of thiophene rings is 1. The van der Waals surface area contributed by atoms with E-state index in [1.54, 1.807) is 0 Å². The standard InChI is InChI=1S/C25H30N4O2S/c1-16-9-11-17(12-10-16)20-15-32-22-21(20)27-25(28-24(22)31)29-13-5-6-18(14-29)23(30)26-19-7-3-2-4-8-19/h9-12,15,18-19H,2-8,13-14H2,1H3,(H,26,30)(H,27,28,31)/t18-/m1/s1. The number of rotatable bonds is 4. The molecule has 7 heteroatoms. The summed E-state index contributed by atoms with van der Waals surface area (Å²) >= 11 is 1.43. The van der Waals surface area contributed by atoms with Crippen LogP contribution in [0.2, 0.25) is 0 Å². The average molecular weight is 451 g/mol. The normalized spacial score (nSPS) is 19.9. The van der Waals surface area contributed by atoms with Crippen molar-refractivity contribution in [3.8, 4) is 11.1 Å². The van der Waals surface area contributed by atoms with Gasteiger partial charge in [-0.3, -0.25) is 14.6 Å². The average Bonchev–Trinajstić information content (AvgIpc) is 3.25. The van der Waals surface area contributed by atoms with Crippen LogP contribution in [0, 0.1) is 12.8 Å². The van der Waals surface area contributed by atoms with Crippen molar-refractivity contribution in [2.75, 3.05) is 18.0 Å². The van der Waals surface area contributed by atoms with Crippen LogP contribution in [-0.4, -0.2) is 35.0 Å². The Kier molecular flexibility index (Phi) is 6.00. The molecule has 0 spiro atoms. The van der Waals surface area contributed by atoms with Crippen molar-refractivity contribution in [2.24, 2.45) is 5.92 Å². The van der Waals surface area contributed by atoms with E-state index < -0.39 is 0 Å². The van der Waals surface area contributed by atoms with Crippen molar-refractivity contribution < 1.29 is 4.79 Å². The summed E-state index contributed by atoms with van der Waals surface area (Å²) in [5.74, 6) is 0.663. The van der Waals surface area contributed by atoms with E-state index in [1.807, 2.05) is 5.38 Å². The SMILES string of the molecule is Cc1ccc(-c2csc3c(=O)[nH]c(N4CCC[C@@H](C(=O)NC5CCCCC5)C4)nc23)cc1. The Hall–Kier alpha value is -2.67. The molecular formula is C25H30N4O2S. The van der Waals surface area contributed by atoms with Crippen LogP contribution < -0.4 is 15.8 Å². The molecule has 0 bridgehead atoms. The first-order chi connectivity index (χ1) is 15.6. The quantitative estimate of drug-likeness (QED) is 0.608. The fourth-order valence-electron chi connectivity index (χ4n) is 4.95. The van der Waals surface area contributed by atoms with E-state index in [-0.39, 0.29) is 17.4 Å². The number of hydrogen-bond donors (Lipinski definition) is 2. The molecule has 3 heterocycles. The Morgan fingerprint density at radius 1 is 1.12 bits per heavy atom. The van der Waals surface area contributed by atoms with Gasteiger partial charge in [0.05, 0.1) is 11.4 Å². The fourth-order valence-corrected chi connectivity index (χ4v) is 5.86. The van der Waals surface area contributed by atoms with E-state index in [9.17, 15) is 9.59 Å². The number of aromatic nitrogens is 2. The number of piperidine rings is 1. The number of nitrogens with one attached hydrogen (secondary N) is 2. The summed E-state index contributed by atoms with van der Waals surface area (Å²) in [5.41, 5.74) is 3.88. The Morgan fingerprint density at radius 2 is 1.91 bits per heavy atom. The minimum absolute atomic E-state index is 0.0641. The van der Waals surface area contributed by atoms with Crippen molar-refractivity contribution in [1.82, 2.24) is 15.3 Å². The third-order valence-corrected chi connectivity index (χ3v) is 7.79. The molecule has 1 atom stereocenters. The van der Waals surface area contributed by atoms with Crippen molar-refractivity contribution in [1.29, 1.82) is 0 Å². The molecule has 32 heavy (non-hydrogen) atoms. The molecule has 1 saturated carbocycles. The molecule has 6 nitrogen and oxygen atoms in total. The van der Waals surface area contributed by atoms with Gasteiger partial charge >= 0.3 is 0 Å². The van der Waals surface area contributed by atoms with Gasteiger partial charge in [0.15, 0.2) is 0 Å². The lowest BCUT2D eigenvalue weighted by Crippen LogP contribution is -2.47. The predicted octanol–water partition coefficient (Wildman–Crippen LogP) is 4.63. The second-order valence-corrected chi connectivity index (χ2v) is 10.1. The largest absolute Gasteiger partial charge is 0.353 e. The van der Waals surface area contributed by atoms with Gasteiger partial charge in [-0.15, -0.1) is 11.3 Å². The maximum Gasteiger partial charge on any atom is 0.270 e. The smallest absolute Gasteiger partial charge is 0.270 e. The number of fused-ring (bicyclic) bond motifs is 1. The minimum Gasteiger partial charge on any atom is -0.353 e. The van der Waals surface area contributed by atoms with Gasteiger partial charge in [0.1, 0.15) is 4.70 Å². The number of hydrogen-bond acceptors (Lipinski definition) is 5. The number of H-pyrrole nitrogens is 1. The first-order valence-electron chi connectivity index (χ1n) is 11.7. The zero-order valence-corrected chi connectivity index (χ0v) is 19.3. The lowest BCUT2D eigenvalue weighted by Gasteiger charge is -2.33. The summed E-state index contributed by atoms with van der Waals surface area (Å²) < 4.78 is 0.646. The third kappa shape index (κ3) is 4.31. The highest BCUT2D eigenvalue weighted by molar-refractivity contribution is 7.17. The summed E-state index contributed by atoms with van der Waals surface area (Å²) in [5, 5.41) is 5.29. The van der Waals surface area contributed by atoms with E-state index in [2.05, 4.69) is 46.4 Å². The summed E-state index contributed by atoms with van der Waals surface area (Å²) in [7, 11) is 0. The Labute approximate surface area is 192 Å². The number of nitrogens with zero attached hydrogens (tertiary/aromatic N) is 2. The third-order valence-electron chi connectivity index (χ3n) is 6.82. The van der Waals surface area contributed by atoms with E-state index in [0.717, 1.165) is 48.9 Å². The van der Waals surface area contributed by atoms with Crippen LogP contribution in [0.25, 0.3) is 21.3 Å². The molecule has 3 aromatic rings. The summed E-state index contributed by atoms with van der Waals surface area (Å²) in [6.45, 7) is 3.45. The number of carbonyl (C=O) groups excluding carboxylic acids is 1. The molecule has 1 aromatic carbocycles. The van der Waals surface area contributed by atoms with Crippen molar-refractivity contribution in [3.63, 3.8) is 0 Å². The molecule has 2 aromatic heterocycles. The van der Waals surface area contributed by atoms with E-state index in [1.165, 1.54) is 36.2 Å². The van der Waals surface area contributed by atoms with Crippen LogP contribution >= 0.6 is 11.3 Å². The van der Waals surface area contributed by atoms with E-state index in [4.69, 9.17) is 4.98 Å². The Bertz CT molecular complexity index is 1160. The molecule has 1 saturated heterocycles. The maximum absolute atomic E-state index is 12.9. The van der Waals surface area contributed by atoms with Crippen LogP contribution in [0.15, 0.2) is 34.4 Å². The van der Waals surface area contributed by atoms with Gasteiger partial charge in [-0.25, -0.2) is 4.98 Å². The number of benzene rings is 1. The molecule has 0 unspecified atom stereocenters. The first kappa shape index (κ1) is 21.2. The van der Waals surface area contributed by atoms with E-state index in [0.29, 0.717) is 23.2 Å². The molecule has 0 radical (unpaired) electrons. The first-order valence-corrected chi connectivity index (χ1v) is 12.6. The molecular weight excluding hydrogens is 420 g/mol. The van der Waals surface area contributed by atoms with Crippen molar-refractivity contribution >= 4 is 33.4 Å². The lowest BCUT2D eigenvalue weighted by atomic mass is 9.93. The number of carbonyl (C=O) groups is 1. The molecule has 5 rings (SSSR count). The highest BCUT2D eigenvalue weighted by Gasteiger charge is 2.29. The van der Waals surface area contributed by atoms with Gasteiger partial charge < -0.3 is 10.2 Å². The molecule has 2 N–H and O–H groups in total. The van der Waals surface area contributed by atoms with Gasteiger partial charge in [0.25, 0.3) is 5.56 Å². The van der Waals surface area contributed by atoms with Crippen LogP contribution in [0.5, 0.6) is 0 Å². The van der Waals surface area contributed by atoms with Gasteiger partial charge in [0.2, 0.25) is 11.9 Å². The Morgan fingerprint density at radius 3 is 2.69 bits per heavy atom. The number of aryl methyl sites for hydroxylation is 1. The van der Waals surface area contributed by atoms with Crippen molar-refractivity contribution in [3.05, 3.63) is 45.6 Å². The van der Waals surface area contributed by atoms with E-state index >= 15 is 0 Å². The van der Waals surface area contributed by atoms with Gasteiger partial charge in [0, 0.05) is 30.1 Å². The summed E-state index contributed by atoms with van der Waals surface area (Å²) in [6.07, 6.45) is 7.67. The van der Waals surface area contributed by atoms with Crippen molar-refractivity contribution in [2.45, 2.75) is 57.9 Å². The van der Waals surface area contributed by atoms with Gasteiger partial charge in [-0.2, -0.15) is 0 Å². The second-order valence-electron chi connectivity index (χ2n) is 9.21. The minimum atomic E-state index is -0.109. The topological polar surface area (TPSA) is 78.1 Å². The lowest BCUT2D eigenvalue weighted by molar-refractivity contribution is -0.126. The zero-order valence-electron chi connectivity index (χ0n) is 18.5. The van der Waals surface area contributed by atoms with Gasteiger partial charge in [-0.05, 0) is 38.2 Å². The molecule has 1 aliphatic carbocycles. The summed E-state index contributed by atoms with van der Waals surface area (Å²) in [6, 6.07) is 8.63. The highest BCUT2D eigenvalue weighted by Crippen LogP contribution is 2.32.